The van der Waals surface area contributed by atoms with Crippen molar-refractivity contribution in [2.75, 3.05) is 6.26 Å². The molecule has 0 unspecified atom stereocenters. The fraction of sp³-hybridized carbons (Fsp3) is 0.111. The van der Waals surface area contributed by atoms with E-state index in [2.05, 4.69) is 10.2 Å². The van der Waals surface area contributed by atoms with Crippen LogP contribution in [0.4, 0.5) is 0 Å². The van der Waals surface area contributed by atoms with Crippen molar-refractivity contribution in [3.05, 3.63) is 53.6 Å². The number of aromatic nitrogens is 2. The van der Waals surface area contributed by atoms with E-state index in [9.17, 15) is 8.42 Å². The third kappa shape index (κ3) is 2.89. The van der Waals surface area contributed by atoms with Crippen LogP contribution in [0.3, 0.4) is 0 Å². The van der Waals surface area contributed by atoms with Gasteiger partial charge in [0, 0.05) is 29.7 Å². The Kier molecular flexibility index (Phi) is 3.86. The first-order chi connectivity index (χ1) is 12.3. The number of hydrogen-bond acceptors (Lipinski definition) is 6. The second-order valence-corrected chi connectivity index (χ2v) is 8.30. The molecule has 26 heavy (non-hydrogen) atoms. The molecule has 4 rings (SSSR count). The van der Waals surface area contributed by atoms with Gasteiger partial charge in [0.1, 0.15) is 5.58 Å². The van der Waals surface area contributed by atoms with E-state index in [1.54, 1.807) is 25.3 Å². The first-order valence-corrected chi connectivity index (χ1v) is 9.91. The second kappa shape index (κ2) is 5.96. The molecule has 0 aliphatic rings. The van der Waals surface area contributed by atoms with Crippen LogP contribution in [0.2, 0.25) is 5.02 Å². The number of sulfone groups is 1. The molecule has 0 saturated carbocycles. The number of furan rings is 1. The van der Waals surface area contributed by atoms with Crippen LogP contribution in [0.5, 0.6) is 0 Å². The fourth-order valence-electron chi connectivity index (χ4n) is 2.77. The van der Waals surface area contributed by atoms with Crippen LogP contribution in [-0.4, -0.2) is 24.9 Å². The number of fused-ring (bicyclic) bond motifs is 1. The standard InChI is InChI=1S/C18H13ClN2O4S/c1-10-20-21-18(25-10)12-3-5-16-13(7-12)14(9-24-16)11-4-6-17(15(19)8-11)26(2,22)23/h3-9H,1-2H3. The zero-order valence-electron chi connectivity index (χ0n) is 13.9. The van der Waals surface area contributed by atoms with Crippen LogP contribution in [0.15, 0.2) is 56.4 Å². The van der Waals surface area contributed by atoms with Gasteiger partial charge in [-0.1, -0.05) is 17.7 Å². The molecule has 8 heteroatoms. The van der Waals surface area contributed by atoms with Gasteiger partial charge in [0.2, 0.25) is 11.8 Å². The summed E-state index contributed by atoms with van der Waals surface area (Å²) in [4.78, 5) is 0.0951. The third-order valence-corrected chi connectivity index (χ3v) is 5.57. The lowest BCUT2D eigenvalue weighted by Crippen LogP contribution is -1.97. The Balaban J connectivity index is 1.86. The summed E-state index contributed by atoms with van der Waals surface area (Å²) in [5, 5.41) is 8.87. The average Bonchev–Trinajstić information content (AvgIpc) is 3.19. The van der Waals surface area contributed by atoms with Gasteiger partial charge in [-0.2, -0.15) is 0 Å². The molecule has 0 N–H and O–H groups in total. The molecular formula is C18H13ClN2O4S. The predicted octanol–water partition coefficient (Wildman–Crippen LogP) is 4.52. The van der Waals surface area contributed by atoms with E-state index >= 15 is 0 Å². The lowest BCUT2D eigenvalue weighted by atomic mass is 10.0. The van der Waals surface area contributed by atoms with E-state index < -0.39 is 9.84 Å². The van der Waals surface area contributed by atoms with E-state index in [4.69, 9.17) is 20.4 Å². The van der Waals surface area contributed by atoms with Crippen molar-refractivity contribution in [3.63, 3.8) is 0 Å². The number of nitrogens with zero attached hydrogens (tertiary/aromatic N) is 2. The summed E-state index contributed by atoms with van der Waals surface area (Å²) >= 11 is 6.17. The topological polar surface area (TPSA) is 86.2 Å². The van der Waals surface area contributed by atoms with Gasteiger partial charge in [-0.15, -0.1) is 10.2 Å². The normalized spacial score (nSPS) is 12.0. The molecule has 6 nitrogen and oxygen atoms in total. The SMILES string of the molecule is Cc1nnc(-c2ccc3occ(-c4ccc(S(C)(=O)=O)c(Cl)c4)c3c2)o1. The minimum atomic E-state index is -3.38. The first-order valence-electron chi connectivity index (χ1n) is 7.64. The van der Waals surface area contributed by atoms with Crippen molar-refractivity contribution in [3.8, 4) is 22.6 Å². The Labute approximate surface area is 154 Å². The smallest absolute Gasteiger partial charge is 0.247 e. The van der Waals surface area contributed by atoms with Gasteiger partial charge in [-0.3, -0.25) is 0 Å². The molecule has 2 heterocycles. The van der Waals surface area contributed by atoms with E-state index in [1.165, 1.54) is 6.07 Å². The minimum absolute atomic E-state index is 0.0951. The monoisotopic (exact) mass is 388 g/mol. The average molecular weight is 389 g/mol. The summed E-state index contributed by atoms with van der Waals surface area (Å²) in [6, 6.07) is 10.4. The molecule has 0 atom stereocenters. The van der Waals surface area contributed by atoms with E-state index in [1.807, 2.05) is 18.2 Å². The Hall–Kier alpha value is -2.64. The van der Waals surface area contributed by atoms with Crippen LogP contribution in [0.1, 0.15) is 5.89 Å². The largest absolute Gasteiger partial charge is 0.464 e. The van der Waals surface area contributed by atoms with E-state index in [-0.39, 0.29) is 9.92 Å². The molecule has 2 aromatic carbocycles. The highest BCUT2D eigenvalue weighted by Crippen LogP contribution is 2.35. The fourth-order valence-corrected chi connectivity index (χ4v) is 4.10. The van der Waals surface area contributed by atoms with Gasteiger partial charge in [0.15, 0.2) is 9.84 Å². The maximum atomic E-state index is 11.7. The van der Waals surface area contributed by atoms with E-state index in [0.29, 0.717) is 17.4 Å². The van der Waals surface area contributed by atoms with Gasteiger partial charge in [0.05, 0.1) is 16.2 Å². The Morgan fingerprint density at radius 3 is 2.46 bits per heavy atom. The summed E-state index contributed by atoms with van der Waals surface area (Å²) in [6.07, 6.45) is 2.74. The lowest BCUT2D eigenvalue weighted by Gasteiger charge is -2.05. The van der Waals surface area contributed by atoms with Crippen molar-refractivity contribution >= 4 is 32.4 Å². The van der Waals surface area contributed by atoms with Crippen molar-refractivity contribution in [2.45, 2.75) is 11.8 Å². The van der Waals surface area contributed by atoms with Gasteiger partial charge in [-0.05, 0) is 35.9 Å². The molecule has 0 spiro atoms. The zero-order valence-corrected chi connectivity index (χ0v) is 15.4. The van der Waals surface area contributed by atoms with Crippen LogP contribution in [0.25, 0.3) is 33.6 Å². The van der Waals surface area contributed by atoms with Crippen LogP contribution < -0.4 is 0 Å². The highest BCUT2D eigenvalue weighted by Gasteiger charge is 2.16. The molecule has 4 aromatic rings. The molecule has 0 aliphatic carbocycles. The van der Waals surface area contributed by atoms with Gasteiger partial charge >= 0.3 is 0 Å². The van der Waals surface area contributed by atoms with Gasteiger partial charge in [-0.25, -0.2) is 8.42 Å². The number of benzene rings is 2. The molecule has 132 valence electrons. The van der Waals surface area contributed by atoms with Gasteiger partial charge in [0.25, 0.3) is 0 Å². The first kappa shape index (κ1) is 16.8. The molecule has 0 amide bonds. The van der Waals surface area contributed by atoms with Crippen LogP contribution in [0, 0.1) is 6.92 Å². The maximum Gasteiger partial charge on any atom is 0.247 e. The molecule has 0 saturated heterocycles. The highest BCUT2D eigenvalue weighted by molar-refractivity contribution is 7.90. The van der Waals surface area contributed by atoms with Crippen molar-refractivity contribution < 1.29 is 17.3 Å². The molecule has 0 bridgehead atoms. The lowest BCUT2D eigenvalue weighted by molar-refractivity contribution is 0.533. The summed E-state index contributed by atoms with van der Waals surface area (Å²) in [5.41, 5.74) is 2.99. The number of rotatable bonds is 3. The summed E-state index contributed by atoms with van der Waals surface area (Å²) in [5.74, 6) is 0.901. The van der Waals surface area contributed by atoms with Gasteiger partial charge < -0.3 is 8.83 Å². The third-order valence-electron chi connectivity index (χ3n) is 3.99. The molecule has 0 fully saturated rings. The predicted molar refractivity (Wildman–Crippen MR) is 97.8 cm³/mol. The zero-order chi connectivity index (χ0) is 18.5. The quantitative estimate of drug-likeness (QED) is 0.513. The van der Waals surface area contributed by atoms with Crippen molar-refractivity contribution in [1.82, 2.24) is 10.2 Å². The maximum absolute atomic E-state index is 11.7. The number of hydrogen-bond donors (Lipinski definition) is 0. The summed E-state index contributed by atoms with van der Waals surface area (Å²) in [7, 11) is -3.38. The second-order valence-electron chi connectivity index (χ2n) is 5.90. The van der Waals surface area contributed by atoms with Crippen molar-refractivity contribution in [2.24, 2.45) is 0 Å². The van der Waals surface area contributed by atoms with Crippen LogP contribution in [-0.2, 0) is 9.84 Å². The molecular weight excluding hydrogens is 376 g/mol. The number of halogens is 1. The summed E-state index contributed by atoms with van der Waals surface area (Å²) in [6.45, 7) is 1.73. The molecule has 2 aromatic heterocycles. The summed E-state index contributed by atoms with van der Waals surface area (Å²) < 4.78 is 34.6. The molecule has 0 radical (unpaired) electrons. The Morgan fingerprint density at radius 2 is 1.81 bits per heavy atom. The van der Waals surface area contributed by atoms with E-state index in [0.717, 1.165) is 28.3 Å². The minimum Gasteiger partial charge on any atom is -0.464 e. The molecule has 0 aliphatic heterocycles. The van der Waals surface area contributed by atoms with Crippen LogP contribution >= 0.6 is 11.6 Å². The number of aryl methyl sites for hydroxylation is 1. The van der Waals surface area contributed by atoms with Crippen molar-refractivity contribution in [1.29, 1.82) is 0 Å². The Bertz CT molecular complexity index is 1240. The highest BCUT2D eigenvalue weighted by atomic mass is 35.5. The Morgan fingerprint density at radius 1 is 1.04 bits per heavy atom.